The first kappa shape index (κ1) is 10.5. The van der Waals surface area contributed by atoms with E-state index >= 15 is 0 Å². The molecule has 1 aliphatic carbocycles. The minimum atomic E-state index is -0.596. The van der Waals surface area contributed by atoms with Crippen molar-refractivity contribution in [3.8, 4) is 0 Å². The van der Waals surface area contributed by atoms with Crippen LogP contribution in [0, 0.1) is 5.82 Å². The summed E-state index contributed by atoms with van der Waals surface area (Å²) in [6, 6.07) is 1.44. The molecule has 5 heteroatoms. The Morgan fingerprint density at radius 3 is 2.87 bits per heavy atom. The summed E-state index contributed by atoms with van der Waals surface area (Å²) in [6.07, 6.45) is 4.49. The highest BCUT2D eigenvalue weighted by atomic mass is 79.9. The zero-order valence-corrected chi connectivity index (χ0v) is 9.55. The van der Waals surface area contributed by atoms with Crippen molar-refractivity contribution in [2.24, 2.45) is 0 Å². The molecular formula is C10H10BrFN2O. The van der Waals surface area contributed by atoms with Gasteiger partial charge in [0.25, 0.3) is 5.91 Å². The number of carbonyl (C=O) groups excluding carboxylic acids is 1. The maximum atomic E-state index is 13.3. The molecular weight excluding hydrogens is 263 g/mol. The number of pyridine rings is 1. The van der Waals surface area contributed by atoms with Crippen LogP contribution in [0.3, 0.4) is 0 Å². The Morgan fingerprint density at radius 1 is 1.60 bits per heavy atom. The lowest BCUT2D eigenvalue weighted by Crippen LogP contribution is -2.40. The van der Waals surface area contributed by atoms with Crippen molar-refractivity contribution < 1.29 is 9.18 Å². The van der Waals surface area contributed by atoms with Crippen LogP contribution in [0.5, 0.6) is 0 Å². The summed E-state index contributed by atoms with van der Waals surface area (Å²) in [6.45, 7) is 0. The smallest absolute Gasteiger partial charge is 0.273 e. The van der Waals surface area contributed by atoms with E-state index in [9.17, 15) is 9.18 Å². The average molecular weight is 273 g/mol. The van der Waals surface area contributed by atoms with Gasteiger partial charge in [-0.15, -0.1) is 0 Å². The van der Waals surface area contributed by atoms with E-state index in [0.29, 0.717) is 4.47 Å². The predicted octanol–water partition coefficient (Wildman–Crippen LogP) is 2.27. The molecule has 1 amide bonds. The van der Waals surface area contributed by atoms with Gasteiger partial charge in [-0.2, -0.15) is 0 Å². The standard InChI is InChI=1S/C10H10BrFN2O/c11-6-4-8(12)9(13-5-6)10(15)14-7-2-1-3-7/h4-5,7H,1-3H2,(H,14,15). The van der Waals surface area contributed by atoms with Gasteiger partial charge in [-0.25, -0.2) is 9.37 Å². The van der Waals surface area contributed by atoms with Crippen molar-refractivity contribution >= 4 is 21.8 Å². The Hall–Kier alpha value is -0.970. The van der Waals surface area contributed by atoms with E-state index in [1.54, 1.807) is 0 Å². The molecule has 0 aliphatic heterocycles. The number of nitrogens with one attached hydrogen (secondary N) is 1. The van der Waals surface area contributed by atoms with Gasteiger partial charge < -0.3 is 5.32 Å². The second kappa shape index (κ2) is 4.26. The summed E-state index contributed by atoms with van der Waals surface area (Å²) in [7, 11) is 0. The molecule has 0 atom stereocenters. The molecule has 0 aromatic carbocycles. The van der Waals surface area contributed by atoms with Crippen LogP contribution in [-0.2, 0) is 0 Å². The number of hydrogen-bond acceptors (Lipinski definition) is 2. The van der Waals surface area contributed by atoms with Crippen molar-refractivity contribution in [3.05, 3.63) is 28.2 Å². The van der Waals surface area contributed by atoms with Gasteiger partial charge in [-0.3, -0.25) is 4.79 Å². The highest BCUT2D eigenvalue weighted by Crippen LogP contribution is 2.19. The van der Waals surface area contributed by atoms with Gasteiger partial charge in [0.2, 0.25) is 0 Å². The van der Waals surface area contributed by atoms with E-state index in [2.05, 4.69) is 26.2 Å². The van der Waals surface area contributed by atoms with Crippen molar-refractivity contribution in [1.29, 1.82) is 0 Å². The summed E-state index contributed by atoms with van der Waals surface area (Å²) in [5.41, 5.74) is -0.134. The second-order valence-corrected chi connectivity index (χ2v) is 4.50. The maximum Gasteiger partial charge on any atom is 0.273 e. The largest absolute Gasteiger partial charge is 0.348 e. The van der Waals surface area contributed by atoms with E-state index in [1.807, 2.05) is 0 Å². The molecule has 3 nitrogen and oxygen atoms in total. The normalized spacial score (nSPS) is 15.9. The Balaban J connectivity index is 2.10. The second-order valence-electron chi connectivity index (χ2n) is 3.59. The molecule has 1 saturated carbocycles. The summed E-state index contributed by atoms with van der Waals surface area (Å²) >= 11 is 3.09. The van der Waals surface area contributed by atoms with Gasteiger partial charge in [0.1, 0.15) is 0 Å². The van der Waals surface area contributed by atoms with Crippen molar-refractivity contribution in [1.82, 2.24) is 10.3 Å². The molecule has 80 valence electrons. The van der Waals surface area contributed by atoms with Crippen LogP contribution in [0.1, 0.15) is 29.8 Å². The number of halogens is 2. The SMILES string of the molecule is O=C(NC1CCC1)c1ncc(Br)cc1F. The lowest BCUT2D eigenvalue weighted by molar-refractivity contribution is 0.0907. The number of aromatic nitrogens is 1. The maximum absolute atomic E-state index is 13.3. The van der Waals surface area contributed by atoms with Gasteiger partial charge in [0.05, 0.1) is 0 Å². The van der Waals surface area contributed by atoms with Gasteiger partial charge in [0, 0.05) is 16.7 Å². The first-order valence-electron chi connectivity index (χ1n) is 4.79. The number of nitrogens with zero attached hydrogens (tertiary/aromatic N) is 1. The number of amides is 1. The van der Waals surface area contributed by atoms with Crippen molar-refractivity contribution in [3.63, 3.8) is 0 Å². The Bertz CT molecular complexity index is 393. The van der Waals surface area contributed by atoms with E-state index < -0.39 is 11.7 Å². The van der Waals surface area contributed by atoms with Gasteiger partial charge in [-0.1, -0.05) is 0 Å². The van der Waals surface area contributed by atoms with Crippen LogP contribution < -0.4 is 5.32 Å². The molecule has 15 heavy (non-hydrogen) atoms. The first-order chi connectivity index (χ1) is 7.16. The summed E-state index contributed by atoms with van der Waals surface area (Å²) in [5, 5.41) is 2.74. The molecule has 0 radical (unpaired) electrons. The third-order valence-electron chi connectivity index (χ3n) is 2.46. The molecule has 0 unspecified atom stereocenters. The fourth-order valence-electron chi connectivity index (χ4n) is 1.39. The fraction of sp³-hybridized carbons (Fsp3) is 0.400. The molecule has 2 rings (SSSR count). The van der Waals surface area contributed by atoms with Crippen LogP contribution in [0.15, 0.2) is 16.7 Å². The molecule has 0 bridgehead atoms. The highest BCUT2D eigenvalue weighted by Gasteiger charge is 2.22. The Morgan fingerprint density at radius 2 is 2.33 bits per heavy atom. The molecule has 1 fully saturated rings. The zero-order valence-electron chi connectivity index (χ0n) is 7.96. The predicted molar refractivity (Wildman–Crippen MR) is 57.0 cm³/mol. The van der Waals surface area contributed by atoms with E-state index in [-0.39, 0.29) is 11.7 Å². The Kier molecular flexibility index (Phi) is 3.00. The van der Waals surface area contributed by atoms with Gasteiger partial charge in [-0.05, 0) is 41.3 Å². The minimum Gasteiger partial charge on any atom is -0.348 e. The molecule has 1 heterocycles. The molecule has 1 aliphatic rings. The van der Waals surface area contributed by atoms with Gasteiger partial charge >= 0.3 is 0 Å². The van der Waals surface area contributed by atoms with Crippen molar-refractivity contribution in [2.45, 2.75) is 25.3 Å². The molecule has 1 N–H and O–H groups in total. The molecule has 1 aromatic rings. The quantitative estimate of drug-likeness (QED) is 0.898. The summed E-state index contributed by atoms with van der Waals surface area (Å²) in [4.78, 5) is 15.3. The van der Waals surface area contributed by atoms with E-state index in [4.69, 9.17) is 0 Å². The van der Waals surface area contributed by atoms with Crippen LogP contribution >= 0.6 is 15.9 Å². The lowest BCUT2D eigenvalue weighted by Gasteiger charge is -2.26. The third kappa shape index (κ3) is 2.34. The Labute approximate surface area is 95.2 Å². The minimum absolute atomic E-state index is 0.134. The average Bonchev–Trinajstić information content (AvgIpc) is 2.11. The lowest BCUT2D eigenvalue weighted by atomic mass is 9.93. The third-order valence-corrected chi connectivity index (χ3v) is 2.90. The van der Waals surface area contributed by atoms with Crippen LogP contribution in [0.2, 0.25) is 0 Å². The molecule has 1 aromatic heterocycles. The van der Waals surface area contributed by atoms with Crippen LogP contribution in [-0.4, -0.2) is 16.9 Å². The number of rotatable bonds is 2. The van der Waals surface area contributed by atoms with Crippen LogP contribution in [0.25, 0.3) is 0 Å². The monoisotopic (exact) mass is 272 g/mol. The number of hydrogen-bond donors (Lipinski definition) is 1. The number of carbonyl (C=O) groups is 1. The first-order valence-corrected chi connectivity index (χ1v) is 5.58. The zero-order chi connectivity index (χ0) is 10.8. The van der Waals surface area contributed by atoms with Crippen LogP contribution in [0.4, 0.5) is 4.39 Å². The highest BCUT2D eigenvalue weighted by molar-refractivity contribution is 9.10. The molecule has 0 saturated heterocycles. The van der Waals surface area contributed by atoms with E-state index in [1.165, 1.54) is 12.3 Å². The topological polar surface area (TPSA) is 42.0 Å². The van der Waals surface area contributed by atoms with E-state index in [0.717, 1.165) is 19.3 Å². The fourth-order valence-corrected chi connectivity index (χ4v) is 1.69. The van der Waals surface area contributed by atoms with Crippen molar-refractivity contribution in [2.75, 3.05) is 0 Å². The molecule has 0 spiro atoms. The summed E-state index contributed by atoms with van der Waals surface area (Å²) < 4.78 is 13.8. The summed E-state index contributed by atoms with van der Waals surface area (Å²) in [5.74, 6) is -1.02. The van der Waals surface area contributed by atoms with Gasteiger partial charge in [0.15, 0.2) is 11.5 Å².